The predicted octanol–water partition coefficient (Wildman–Crippen LogP) is 2.19. The smallest absolute Gasteiger partial charge is 0.261 e. The van der Waals surface area contributed by atoms with E-state index < -0.39 is 5.95 Å². The summed E-state index contributed by atoms with van der Waals surface area (Å²) in [5, 5.41) is 2.89. The molecule has 0 saturated heterocycles. The quantitative estimate of drug-likeness (QED) is 0.671. The van der Waals surface area contributed by atoms with Gasteiger partial charge in [-0.1, -0.05) is 6.07 Å². The molecule has 0 radical (unpaired) electrons. The highest BCUT2D eigenvalue weighted by atomic mass is 19.1. The van der Waals surface area contributed by atoms with Crippen LogP contribution in [0.2, 0.25) is 0 Å². The minimum absolute atomic E-state index is 0.319. The lowest BCUT2D eigenvalue weighted by atomic mass is 10.1. The summed E-state index contributed by atoms with van der Waals surface area (Å²) in [5.41, 5.74) is 1.27. The predicted molar refractivity (Wildman–Crippen MR) is 70.3 cm³/mol. The molecule has 0 spiro atoms. The number of aromatic nitrogens is 1. The fourth-order valence-electron chi connectivity index (χ4n) is 2.06. The van der Waals surface area contributed by atoms with Gasteiger partial charge >= 0.3 is 0 Å². The second kappa shape index (κ2) is 4.41. The number of amides is 2. The van der Waals surface area contributed by atoms with Crippen LogP contribution in [-0.4, -0.2) is 28.7 Å². The summed E-state index contributed by atoms with van der Waals surface area (Å²) in [7, 11) is 1.44. The number of pyridine rings is 1. The monoisotopic (exact) mass is 271 g/mol. The number of fused-ring (bicyclic) bond motifs is 1. The normalized spacial score (nSPS) is 13.6. The minimum atomic E-state index is -0.595. The number of hydrogen-bond acceptors (Lipinski definition) is 4. The topological polar surface area (TPSA) is 62.3 Å². The van der Waals surface area contributed by atoms with Gasteiger partial charge in [0.05, 0.1) is 11.1 Å². The van der Waals surface area contributed by atoms with Gasteiger partial charge in [-0.2, -0.15) is 4.39 Å². The van der Waals surface area contributed by atoms with Crippen LogP contribution in [-0.2, 0) is 0 Å². The molecule has 2 aromatic rings. The van der Waals surface area contributed by atoms with E-state index in [2.05, 4.69) is 10.3 Å². The lowest BCUT2D eigenvalue weighted by molar-refractivity contribution is 0.0693. The number of rotatable bonds is 2. The highest BCUT2D eigenvalue weighted by molar-refractivity contribution is 6.21. The highest BCUT2D eigenvalue weighted by Crippen LogP contribution is 2.26. The first kappa shape index (κ1) is 12.3. The van der Waals surface area contributed by atoms with Crippen LogP contribution in [0.25, 0.3) is 0 Å². The van der Waals surface area contributed by atoms with Gasteiger partial charge in [0.1, 0.15) is 5.82 Å². The molecule has 0 atom stereocenters. The summed E-state index contributed by atoms with van der Waals surface area (Å²) < 4.78 is 13.0. The third-order valence-electron chi connectivity index (χ3n) is 3.08. The summed E-state index contributed by atoms with van der Waals surface area (Å²) >= 11 is 0. The van der Waals surface area contributed by atoms with Crippen LogP contribution < -0.4 is 5.32 Å². The number of anilines is 2. The second-order valence-electron chi connectivity index (χ2n) is 4.40. The Morgan fingerprint density at radius 2 is 1.85 bits per heavy atom. The Kier molecular flexibility index (Phi) is 2.71. The van der Waals surface area contributed by atoms with Crippen molar-refractivity contribution in [2.24, 2.45) is 0 Å². The van der Waals surface area contributed by atoms with E-state index >= 15 is 0 Å². The molecule has 1 aliphatic rings. The Balaban J connectivity index is 1.95. The average Bonchev–Trinajstić information content (AvgIpc) is 2.64. The van der Waals surface area contributed by atoms with Crippen molar-refractivity contribution in [1.29, 1.82) is 0 Å². The van der Waals surface area contributed by atoms with Crippen molar-refractivity contribution < 1.29 is 14.0 Å². The van der Waals surface area contributed by atoms with Gasteiger partial charge in [-0.05, 0) is 30.3 Å². The van der Waals surface area contributed by atoms with E-state index in [0.29, 0.717) is 22.6 Å². The van der Waals surface area contributed by atoms with E-state index in [-0.39, 0.29) is 11.8 Å². The first-order valence-electron chi connectivity index (χ1n) is 5.92. The number of carbonyl (C=O) groups is 2. The second-order valence-corrected chi connectivity index (χ2v) is 4.40. The number of halogens is 1. The Hall–Kier alpha value is -2.76. The molecule has 0 bridgehead atoms. The highest BCUT2D eigenvalue weighted by Gasteiger charge is 2.32. The molecule has 0 fully saturated rings. The van der Waals surface area contributed by atoms with Gasteiger partial charge in [-0.25, -0.2) is 4.98 Å². The number of carbonyl (C=O) groups excluding carboxylic acids is 2. The summed E-state index contributed by atoms with van der Waals surface area (Å²) in [4.78, 5) is 28.3. The standard InChI is InChI=1S/C14H10FN3O2/c1-18-13(19)9-6-5-8(7-10(9)14(18)20)16-12-4-2-3-11(15)17-12/h2-7H,1H3,(H,16,17). The Morgan fingerprint density at radius 1 is 1.10 bits per heavy atom. The molecule has 0 unspecified atom stereocenters. The first-order valence-corrected chi connectivity index (χ1v) is 5.92. The van der Waals surface area contributed by atoms with Crippen LogP contribution in [0.5, 0.6) is 0 Å². The molecule has 2 amide bonds. The third kappa shape index (κ3) is 1.91. The zero-order chi connectivity index (χ0) is 14.3. The van der Waals surface area contributed by atoms with Crippen molar-refractivity contribution in [2.75, 3.05) is 12.4 Å². The SMILES string of the molecule is CN1C(=O)c2ccc(Nc3cccc(F)n3)cc2C1=O. The lowest BCUT2D eigenvalue weighted by Crippen LogP contribution is -2.24. The van der Waals surface area contributed by atoms with Gasteiger partial charge in [0, 0.05) is 12.7 Å². The molecule has 3 rings (SSSR count). The Bertz CT molecular complexity index is 730. The first-order chi connectivity index (χ1) is 9.56. The molecule has 0 saturated carbocycles. The van der Waals surface area contributed by atoms with Crippen molar-refractivity contribution in [3.63, 3.8) is 0 Å². The number of benzene rings is 1. The molecular weight excluding hydrogens is 261 g/mol. The maximum atomic E-state index is 13.0. The van der Waals surface area contributed by atoms with Crippen LogP contribution >= 0.6 is 0 Å². The average molecular weight is 271 g/mol. The number of nitrogens with zero attached hydrogens (tertiary/aromatic N) is 2. The van der Waals surface area contributed by atoms with Crippen molar-refractivity contribution in [3.8, 4) is 0 Å². The molecule has 6 heteroatoms. The van der Waals surface area contributed by atoms with E-state index in [0.717, 1.165) is 4.90 Å². The molecule has 2 heterocycles. The van der Waals surface area contributed by atoms with Gasteiger partial charge in [0.15, 0.2) is 0 Å². The zero-order valence-electron chi connectivity index (χ0n) is 10.6. The fourth-order valence-corrected chi connectivity index (χ4v) is 2.06. The molecule has 1 aromatic carbocycles. The van der Waals surface area contributed by atoms with E-state index in [1.165, 1.54) is 19.2 Å². The molecule has 5 nitrogen and oxygen atoms in total. The summed E-state index contributed by atoms with van der Waals surface area (Å²) in [6.07, 6.45) is 0. The summed E-state index contributed by atoms with van der Waals surface area (Å²) in [6, 6.07) is 9.16. The van der Waals surface area contributed by atoms with Gasteiger partial charge in [0.25, 0.3) is 11.8 Å². The van der Waals surface area contributed by atoms with Gasteiger partial charge in [0.2, 0.25) is 5.95 Å². The third-order valence-corrected chi connectivity index (χ3v) is 3.08. The van der Waals surface area contributed by atoms with Gasteiger partial charge in [-0.3, -0.25) is 14.5 Å². The molecule has 1 aromatic heterocycles. The number of nitrogens with one attached hydrogen (secondary N) is 1. The van der Waals surface area contributed by atoms with Crippen molar-refractivity contribution >= 4 is 23.3 Å². The van der Waals surface area contributed by atoms with Crippen LogP contribution in [0.3, 0.4) is 0 Å². The lowest BCUT2D eigenvalue weighted by Gasteiger charge is -2.06. The van der Waals surface area contributed by atoms with Crippen LogP contribution in [0.4, 0.5) is 15.9 Å². The molecule has 0 aliphatic carbocycles. The molecular formula is C14H10FN3O2. The van der Waals surface area contributed by atoms with E-state index in [9.17, 15) is 14.0 Å². The van der Waals surface area contributed by atoms with Crippen molar-refractivity contribution in [3.05, 3.63) is 53.5 Å². The van der Waals surface area contributed by atoms with E-state index in [4.69, 9.17) is 0 Å². The number of imide groups is 1. The van der Waals surface area contributed by atoms with Gasteiger partial charge < -0.3 is 5.32 Å². The maximum Gasteiger partial charge on any atom is 0.261 e. The molecule has 1 aliphatic heterocycles. The fraction of sp³-hybridized carbons (Fsp3) is 0.0714. The van der Waals surface area contributed by atoms with Crippen LogP contribution in [0.1, 0.15) is 20.7 Å². The Labute approximate surface area is 114 Å². The van der Waals surface area contributed by atoms with E-state index in [1.807, 2.05) is 0 Å². The zero-order valence-corrected chi connectivity index (χ0v) is 10.6. The van der Waals surface area contributed by atoms with Crippen LogP contribution in [0.15, 0.2) is 36.4 Å². The largest absolute Gasteiger partial charge is 0.340 e. The minimum Gasteiger partial charge on any atom is -0.340 e. The van der Waals surface area contributed by atoms with Crippen LogP contribution in [0, 0.1) is 5.95 Å². The summed E-state index contributed by atoms with van der Waals surface area (Å²) in [6.45, 7) is 0. The summed E-state index contributed by atoms with van der Waals surface area (Å²) in [5.74, 6) is -0.932. The van der Waals surface area contributed by atoms with E-state index in [1.54, 1.807) is 24.3 Å². The molecule has 20 heavy (non-hydrogen) atoms. The number of hydrogen-bond donors (Lipinski definition) is 1. The maximum absolute atomic E-state index is 13.0. The van der Waals surface area contributed by atoms with Crippen molar-refractivity contribution in [2.45, 2.75) is 0 Å². The van der Waals surface area contributed by atoms with Gasteiger partial charge in [-0.15, -0.1) is 0 Å². The molecule has 1 N–H and O–H groups in total. The van der Waals surface area contributed by atoms with Crippen molar-refractivity contribution in [1.82, 2.24) is 9.88 Å². The Morgan fingerprint density at radius 3 is 2.60 bits per heavy atom. The molecule has 100 valence electrons.